The second kappa shape index (κ2) is 21.5. The van der Waals surface area contributed by atoms with E-state index >= 15 is 0 Å². The van der Waals surface area contributed by atoms with Gasteiger partial charge in [0, 0.05) is 0 Å². The fraction of sp³-hybridized carbons (Fsp3) is 0.812. The van der Waals surface area contributed by atoms with Gasteiger partial charge in [0.25, 0.3) is 0 Å². The predicted octanol–water partition coefficient (Wildman–Crippen LogP) is 10.9. The summed E-state index contributed by atoms with van der Waals surface area (Å²) in [5.41, 5.74) is 4.33. The number of aromatic hydroxyl groups is 1. The van der Waals surface area contributed by atoms with E-state index < -0.39 is 0 Å². The van der Waals surface area contributed by atoms with Gasteiger partial charge < -0.3 is 5.11 Å². The Morgan fingerprint density at radius 3 is 1.27 bits per heavy atom. The molecule has 0 fully saturated rings. The molecule has 1 aromatic carbocycles. The summed E-state index contributed by atoms with van der Waals surface area (Å²) >= 11 is 0. The van der Waals surface area contributed by atoms with Gasteiger partial charge in [-0.2, -0.15) is 0 Å². The van der Waals surface area contributed by atoms with Crippen LogP contribution in [-0.4, -0.2) is 5.11 Å². The van der Waals surface area contributed by atoms with E-state index in [4.69, 9.17) is 0 Å². The molecule has 0 aliphatic rings. The maximum atomic E-state index is 10.7. The van der Waals surface area contributed by atoms with Gasteiger partial charge in [0.05, 0.1) is 0 Å². The van der Waals surface area contributed by atoms with Crippen LogP contribution in [0.25, 0.3) is 0 Å². The first kappa shape index (κ1) is 30.1. The highest BCUT2D eigenvalue weighted by molar-refractivity contribution is 5.45. The van der Waals surface area contributed by atoms with Crippen LogP contribution in [0.1, 0.15) is 166 Å². The average Bonchev–Trinajstić information content (AvgIpc) is 2.82. The second-order valence-electron chi connectivity index (χ2n) is 10.5. The van der Waals surface area contributed by atoms with Gasteiger partial charge in [-0.15, -0.1) is 0 Å². The molecular formula is C32H58O. The van der Waals surface area contributed by atoms with Gasteiger partial charge in [-0.1, -0.05) is 136 Å². The van der Waals surface area contributed by atoms with Gasteiger partial charge >= 0.3 is 0 Å². The Kier molecular flexibility index (Phi) is 19.6. The molecule has 0 radical (unpaired) electrons. The minimum Gasteiger partial charge on any atom is -0.508 e. The lowest BCUT2D eigenvalue weighted by atomic mass is 9.89. The number of aryl methyl sites for hydroxylation is 1. The molecule has 0 saturated heterocycles. The van der Waals surface area contributed by atoms with E-state index in [1.807, 2.05) is 6.07 Å². The molecule has 0 aliphatic carbocycles. The van der Waals surface area contributed by atoms with Crippen molar-refractivity contribution < 1.29 is 5.11 Å². The van der Waals surface area contributed by atoms with Crippen molar-refractivity contribution >= 4 is 0 Å². The molecule has 1 heteroatoms. The van der Waals surface area contributed by atoms with E-state index in [9.17, 15) is 5.11 Å². The van der Waals surface area contributed by atoms with E-state index in [2.05, 4.69) is 26.8 Å². The first-order valence-electron chi connectivity index (χ1n) is 15.1. The topological polar surface area (TPSA) is 20.2 Å². The van der Waals surface area contributed by atoms with E-state index in [-0.39, 0.29) is 0 Å². The third kappa shape index (κ3) is 14.8. The quantitative estimate of drug-likeness (QED) is 0.162. The van der Waals surface area contributed by atoms with Crippen molar-refractivity contribution in [3.63, 3.8) is 0 Å². The summed E-state index contributed by atoms with van der Waals surface area (Å²) in [7, 11) is 0. The van der Waals surface area contributed by atoms with Gasteiger partial charge in [0.2, 0.25) is 0 Å². The Hall–Kier alpha value is -0.980. The lowest BCUT2D eigenvalue weighted by Gasteiger charge is -2.17. The Labute approximate surface area is 208 Å². The zero-order valence-corrected chi connectivity index (χ0v) is 22.9. The smallest absolute Gasteiger partial charge is 0.119 e. The third-order valence-electron chi connectivity index (χ3n) is 7.36. The number of hydrogen-bond donors (Lipinski definition) is 1. The molecule has 0 unspecified atom stereocenters. The van der Waals surface area contributed by atoms with E-state index in [1.165, 1.54) is 152 Å². The average molecular weight is 459 g/mol. The molecule has 192 valence electrons. The molecule has 0 heterocycles. The van der Waals surface area contributed by atoms with Crippen molar-refractivity contribution in [3.05, 3.63) is 28.8 Å². The molecule has 0 atom stereocenters. The molecular weight excluding hydrogens is 400 g/mol. The highest BCUT2D eigenvalue weighted by Gasteiger charge is 2.13. The minimum absolute atomic E-state index is 0.559. The van der Waals surface area contributed by atoms with Gasteiger partial charge in [0.15, 0.2) is 0 Å². The summed E-state index contributed by atoms with van der Waals surface area (Å²) in [5.74, 6) is 0.559. The molecule has 0 spiro atoms. The number of unbranched alkanes of at least 4 members (excludes halogenated alkanes) is 17. The van der Waals surface area contributed by atoms with Crippen molar-refractivity contribution in [3.8, 4) is 5.75 Å². The fourth-order valence-corrected chi connectivity index (χ4v) is 5.17. The maximum Gasteiger partial charge on any atom is 0.119 e. The number of benzene rings is 1. The van der Waals surface area contributed by atoms with Gasteiger partial charge in [-0.3, -0.25) is 0 Å². The van der Waals surface area contributed by atoms with Crippen LogP contribution in [0.15, 0.2) is 12.1 Å². The summed E-state index contributed by atoms with van der Waals surface area (Å²) in [5, 5.41) is 10.7. The van der Waals surface area contributed by atoms with Crippen LogP contribution in [-0.2, 0) is 19.3 Å². The molecule has 33 heavy (non-hydrogen) atoms. The largest absolute Gasteiger partial charge is 0.508 e. The second-order valence-corrected chi connectivity index (χ2v) is 10.5. The Balaban J connectivity index is 2.54. The molecule has 0 bridgehead atoms. The highest BCUT2D eigenvalue weighted by atomic mass is 16.3. The van der Waals surface area contributed by atoms with E-state index in [0.29, 0.717) is 5.75 Å². The first-order chi connectivity index (χ1) is 16.2. The predicted molar refractivity (Wildman–Crippen MR) is 149 cm³/mol. The van der Waals surface area contributed by atoms with Crippen LogP contribution >= 0.6 is 0 Å². The van der Waals surface area contributed by atoms with Crippen LogP contribution in [0.4, 0.5) is 0 Å². The summed E-state index contributed by atoms with van der Waals surface area (Å²) in [6.45, 7) is 6.87. The number of hydrogen-bond acceptors (Lipinski definition) is 1. The van der Waals surface area contributed by atoms with Gasteiger partial charge in [0.1, 0.15) is 5.75 Å². The lowest BCUT2D eigenvalue weighted by molar-refractivity contribution is 0.463. The zero-order chi connectivity index (χ0) is 24.0. The minimum atomic E-state index is 0.559. The summed E-state index contributed by atoms with van der Waals surface area (Å²) in [6, 6.07) is 4.22. The van der Waals surface area contributed by atoms with Crippen LogP contribution in [0.5, 0.6) is 5.75 Å². The van der Waals surface area contributed by atoms with Crippen molar-refractivity contribution in [2.24, 2.45) is 0 Å². The Morgan fingerprint density at radius 2 is 0.788 bits per heavy atom. The molecule has 0 saturated carbocycles. The van der Waals surface area contributed by atoms with E-state index in [0.717, 1.165) is 12.8 Å². The lowest BCUT2D eigenvalue weighted by Crippen LogP contribution is -2.03. The normalized spacial score (nSPS) is 11.4. The molecule has 0 amide bonds. The SMILES string of the molecule is CCCCCCCCCCCCc1c(O)ccc(CCCCCC)c1CCCCCCCC. The zero-order valence-electron chi connectivity index (χ0n) is 22.9. The van der Waals surface area contributed by atoms with Crippen molar-refractivity contribution in [1.29, 1.82) is 0 Å². The van der Waals surface area contributed by atoms with Gasteiger partial charge in [-0.25, -0.2) is 0 Å². The first-order valence-corrected chi connectivity index (χ1v) is 15.1. The Morgan fingerprint density at radius 1 is 0.424 bits per heavy atom. The van der Waals surface area contributed by atoms with Crippen molar-refractivity contribution in [1.82, 2.24) is 0 Å². The third-order valence-corrected chi connectivity index (χ3v) is 7.36. The van der Waals surface area contributed by atoms with Crippen molar-refractivity contribution in [2.45, 2.75) is 168 Å². The number of rotatable bonds is 23. The molecule has 0 aromatic heterocycles. The number of phenolic OH excluding ortho intramolecular Hbond substituents is 1. The standard InChI is InChI=1S/C32H58O/c1-4-7-10-13-15-16-17-18-20-23-26-31-30(25-22-19-14-11-8-5-2)29(27-28-32(31)33)24-21-12-9-6-3/h27-28,33H,4-26H2,1-3H3. The summed E-state index contributed by atoms with van der Waals surface area (Å²) in [6.07, 6.45) is 30.4. The molecule has 0 aliphatic heterocycles. The van der Waals surface area contributed by atoms with Crippen LogP contribution in [0.2, 0.25) is 0 Å². The monoisotopic (exact) mass is 458 g/mol. The fourth-order valence-electron chi connectivity index (χ4n) is 5.17. The highest BCUT2D eigenvalue weighted by Crippen LogP contribution is 2.30. The van der Waals surface area contributed by atoms with Crippen molar-refractivity contribution in [2.75, 3.05) is 0 Å². The van der Waals surface area contributed by atoms with Crippen LogP contribution < -0.4 is 0 Å². The molecule has 1 nitrogen and oxygen atoms in total. The summed E-state index contributed by atoms with van der Waals surface area (Å²) < 4.78 is 0. The molecule has 1 aromatic rings. The number of phenols is 1. The van der Waals surface area contributed by atoms with Gasteiger partial charge in [-0.05, 0) is 61.3 Å². The molecule has 1 N–H and O–H groups in total. The summed E-state index contributed by atoms with van der Waals surface area (Å²) in [4.78, 5) is 0. The Bertz CT molecular complexity index is 562. The van der Waals surface area contributed by atoms with Crippen LogP contribution in [0, 0.1) is 0 Å². The molecule has 1 rings (SSSR count). The maximum absolute atomic E-state index is 10.7. The van der Waals surface area contributed by atoms with Crippen LogP contribution in [0.3, 0.4) is 0 Å². The van der Waals surface area contributed by atoms with E-state index in [1.54, 1.807) is 0 Å².